The maximum atomic E-state index is 14.3. The first-order chi connectivity index (χ1) is 11.4. The number of alkyl halides is 3. The summed E-state index contributed by atoms with van der Waals surface area (Å²) in [5, 5.41) is 2.84. The Morgan fingerprint density at radius 2 is 2.00 bits per heavy atom. The van der Waals surface area contributed by atoms with Crippen molar-refractivity contribution in [2.45, 2.75) is 24.6 Å². The first kappa shape index (κ1) is 15.4. The molecule has 1 fully saturated rings. The molecule has 2 heterocycles. The Labute approximate surface area is 135 Å². The number of pyridine rings is 1. The van der Waals surface area contributed by atoms with Gasteiger partial charge >= 0.3 is 6.18 Å². The number of benzene rings is 1. The first-order valence-corrected chi connectivity index (χ1v) is 7.65. The van der Waals surface area contributed by atoms with E-state index in [1.807, 2.05) is 0 Å². The number of halogens is 4. The topological polar surface area (TPSA) is 34.1 Å². The van der Waals surface area contributed by atoms with Gasteiger partial charge in [-0.25, -0.2) is 9.37 Å². The number of nitrogens with one attached hydrogen (secondary N) is 1. The summed E-state index contributed by atoms with van der Waals surface area (Å²) < 4.78 is 62.0. The number of hydrogen-bond donors (Lipinski definition) is 1. The third kappa shape index (κ3) is 2.26. The van der Waals surface area contributed by atoms with Crippen LogP contribution in [0.25, 0.3) is 0 Å². The Bertz CT molecular complexity index is 788. The fourth-order valence-corrected chi connectivity index (χ4v) is 3.05. The van der Waals surface area contributed by atoms with Crippen molar-refractivity contribution in [1.29, 1.82) is 0 Å². The summed E-state index contributed by atoms with van der Waals surface area (Å²) in [6.07, 6.45) is -1.66. The average molecular weight is 338 g/mol. The molecule has 0 amide bonds. The summed E-state index contributed by atoms with van der Waals surface area (Å²) in [4.78, 5) is 4.01. The molecular formula is C17H14F4N2O. The number of aromatic nitrogens is 1. The fraction of sp³-hybridized carbons (Fsp3) is 0.353. The summed E-state index contributed by atoms with van der Waals surface area (Å²) in [6, 6.07) is 6.03. The molecule has 1 aliphatic carbocycles. The molecule has 24 heavy (non-hydrogen) atoms. The molecular weight excluding hydrogens is 324 g/mol. The standard InChI is InChI=1S/C17H14F4N2O/c18-11-5-6-14-13(8-11)16(17(19,20)21,24-9-10-3-4-10)12-2-1-7-22-15(12)23-14/h1-2,5-8,10H,3-4,9H2,(H,22,23). The van der Waals surface area contributed by atoms with E-state index in [0.29, 0.717) is 0 Å². The summed E-state index contributed by atoms with van der Waals surface area (Å²) in [7, 11) is 0. The summed E-state index contributed by atoms with van der Waals surface area (Å²) >= 11 is 0. The zero-order valence-corrected chi connectivity index (χ0v) is 12.5. The van der Waals surface area contributed by atoms with Gasteiger partial charge in [-0.05, 0) is 43.0 Å². The van der Waals surface area contributed by atoms with E-state index in [1.54, 1.807) is 0 Å². The van der Waals surface area contributed by atoms with E-state index in [4.69, 9.17) is 4.74 Å². The molecule has 0 radical (unpaired) electrons. The number of ether oxygens (including phenoxy) is 1. The molecule has 1 saturated carbocycles. The highest BCUT2D eigenvalue weighted by atomic mass is 19.4. The summed E-state index contributed by atoms with van der Waals surface area (Å²) in [5.74, 6) is -0.549. The van der Waals surface area contributed by atoms with Crippen LogP contribution < -0.4 is 5.32 Å². The molecule has 126 valence electrons. The number of anilines is 2. The van der Waals surface area contributed by atoms with Gasteiger partial charge in [0.1, 0.15) is 11.6 Å². The fourth-order valence-electron chi connectivity index (χ4n) is 3.05. The molecule has 7 heteroatoms. The van der Waals surface area contributed by atoms with E-state index in [9.17, 15) is 17.6 Å². The third-order valence-corrected chi connectivity index (χ3v) is 4.43. The van der Waals surface area contributed by atoms with Crippen molar-refractivity contribution < 1.29 is 22.3 Å². The van der Waals surface area contributed by atoms with Crippen LogP contribution in [0.3, 0.4) is 0 Å². The molecule has 4 rings (SSSR count). The second kappa shape index (κ2) is 5.17. The second-order valence-electron chi connectivity index (χ2n) is 6.15. The molecule has 1 aliphatic heterocycles. The predicted octanol–water partition coefficient (Wildman–Crippen LogP) is 4.51. The van der Waals surface area contributed by atoms with Crippen LogP contribution in [0.4, 0.5) is 29.1 Å². The number of nitrogens with zero attached hydrogens (tertiary/aromatic N) is 1. The van der Waals surface area contributed by atoms with Crippen molar-refractivity contribution in [3.8, 4) is 0 Å². The van der Waals surface area contributed by atoms with Gasteiger partial charge in [-0.15, -0.1) is 0 Å². The monoisotopic (exact) mass is 338 g/mol. The van der Waals surface area contributed by atoms with Crippen molar-refractivity contribution >= 4 is 11.5 Å². The minimum absolute atomic E-state index is 0.0240. The molecule has 1 atom stereocenters. The van der Waals surface area contributed by atoms with E-state index < -0.39 is 17.6 Å². The Kier molecular flexibility index (Phi) is 3.32. The van der Waals surface area contributed by atoms with Crippen molar-refractivity contribution in [1.82, 2.24) is 4.98 Å². The molecule has 1 aromatic heterocycles. The van der Waals surface area contributed by atoms with Crippen LogP contribution in [0, 0.1) is 11.7 Å². The summed E-state index contributed by atoms with van der Waals surface area (Å²) in [6.45, 7) is -0.0240. The summed E-state index contributed by atoms with van der Waals surface area (Å²) in [5.41, 5.74) is -2.98. The first-order valence-electron chi connectivity index (χ1n) is 7.65. The molecule has 0 saturated heterocycles. The van der Waals surface area contributed by atoms with Gasteiger partial charge in [-0.3, -0.25) is 0 Å². The van der Waals surface area contributed by atoms with Crippen molar-refractivity contribution in [3.63, 3.8) is 0 Å². The Hall–Kier alpha value is -2.15. The highest BCUT2D eigenvalue weighted by molar-refractivity contribution is 5.73. The van der Waals surface area contributed by atoms with Crippen LogP contribution in [0.5, 0.6) is 0 Å². The minimum atomic E-state index is -4.76. The normalized spacial score (nSPS) is 22.5. The lowest BCUT2D eigenvalue weighted by molar-refractivity contribution is -0.268. The van der Waals surface area contributed by atoms with Gasteiger partial charge in [0.2, 0.25) is 5.60 Å². The van der Waals surface area contributed by atoms with E-state index in [2.05, 4.69) is 10.3 Å². The third-order valence-electron chi connectivity index (χ3n) is 4.43. The zero-order chi connectivity index (χ0) is 16.9. The smallest absolute Gasteiger partial charge is 0.356 e. The Morgan fingerprint density at radius 3 is 2.71 bits per heavy atom. The van der Waals surface area contributed by atoms with Crippen molar-refractivity contribution in [2.75, 3.05) is 11.9 Å². The van der Waals surface area contributed by atoms with E-state index >= 15 is 0 Å². The maximum Gasteiger partial charge on any atom is 0.426 e. The lowest BCUT2D eigenvalue weighted by Gasteiger charge is -2.41. The molecule has 3 nitrogen and oxygen atoms in total. The predicted molar refractivity (Wildman–Crippen MR) is 79.4 cm³/mol. The quantitative estimate of drug-likeness (QED) is 0.836. The number of hydrogen-bond acceptors (Lipinski definition) is 3. The van der Waals surface area contributed by atoms with Crippen molar-refractivity contribution in [3.05, 3.63) is 53.5 Å². The van der Waals surface area contributed by atoms with Crippen LogP contribution in [-0.2, 0) is 10.3 Å². The van der Waals surface area contributed by atoms with Crippen LogP contribution in [0.2, 0.25) is 0 Å². The zero-order valence-electron chi connectivity index (χ0n) is 12.5. The van der Waals surface area contributed by atoms with Gasteiger partial charge in [-0.1, -0.05) is 6.07 Å². The number of rotatable bonds is 3. The van der Waals surface area contributed by atoms with Gasteiger partial charge in [0, 0.05) is 23.0 Å². The van der Waals surface area contributed by atoms with Crippen molar-refractivity contribution in [2.24, 2.45) is 5.92 Å². The van der Waals surface area contributed by atoms with Gasteiger partial charge in [-0.2, -0.15) is 13.2 Å². The second-order valence-corrected chi connectivity index (χ2v) is 6.15. The lowest BCUT2D eigenvalue weighted by Crippen LogP contribution is -2.48. The van der Waals surface area contributed by atoms with Gasteiger partial charge in [0.25, 0.3) is 0 Å². The molecule has 0 spiro atoms. The van der Waals surface area contributed by atoms with E-state index in [1.165, 1.54) is 24.4 Å². The highest BCUT2D eigenvalue weighted by Crippen LogP contribution is 2.55. The van der Waals surface area contributed by atoms with E-state index in [-0.39, 0.29) is 35.2 Å². The molecule has 0 bridgehead atoms. The molecule has 2 aliphatic rings. The van der Waals surface area contributed by atoms with Crippen LogP contribution in [0.15, 0.2) is 36.5 Å². The molecule has 1 aromatic carbocycles. The highest BCUT2D eigenvalue weighted by Gasteiger charge is 2.62. The Balaban J connectivity index is 1.96. The lowest BCUT2D eigenvalue weighted by atomic mass is 9.81. The maximum absolute atomic E-state index is 14.3. The minimum Gasteiger partial charge on any atom is -0.356 e. The number of fused-ring (bicyclic) bond motifs is 2. The Morgan fingerprint density at radius 1 is 1.21 bits per heavy atom. The van der Waals surface area contributed by atoms with Gasteiger partial charge in [0.15, 0.2) is 0 Å². The molecule has 2 aromatic rings. The van der Waals surface area contributed by atoms with E-state index in [0.717, 1.165) is 25.0 Å². The van der Waals surface area contributed by atoms with Crippen LogP contribution >= 0.6 is 0 Å². The molecule has 1 N–H and O–H groups in total. The van der Waals surface area contributed by atoms with Crippen LogP contribution in [0.1, 0.15) is 24.0 Å². The molecule has 1 unspecified atom stereocenters. The average Bonchev–Trinajstić information content (AvgIpc) is 3.35. The largest absolute Gasteiger partial charge is 0.426 e. The van der Waals surface area contributed by atoms with Gasteiger partial charge in [0.05, 0.1) is 6.61 Å². The SMILES string of the molecule is Fc1ccc2c(c1)C(OCC1CC1)(C(F)(F)F)c1cccnc1N2. The van der Waals surface area contributed by atoms with Crippen LogP contribution in [-0.4, -0.2) is 17.8 Å². The van der Waals surface area contributed by atoms with Gasteiger partial charge < -0.3 is 10.1 Å².